The van der Waals surface area contributed by atoms with Crippen LogP contribution in [0.1, 0.15) is 35.7 Å². The van der Waals surface area contributed by atoms with Crippen molar-refractivity contribution in [2.75, 3.05) is 26.3 Å². The van der Waals surface area contributed by atoms with Crippen LogP contribution in [0.15, 0.2) is 18.2 Å². The second-order valence-corrected chi connectivity index (χ2v) is 4.49. The third kappa shape index (κ3) is 5.18. The van der Waals surface area contributed by atoms with E-state index >= 15 is 0 Å². The molecule has 2 N–H and O–H groups in total. The van der Waals surface area contributed by atoms with Crippen LogP contribution in [0.2, 0.25) is 0 Å². The molecule has 1 aromatic carbocycles. The molecule has 1 aromatic rings. The molecule has 114 valence electrons. The molecule has 0 radical (unpaired) electrons. The Morgan fingerprint density at radius 2 is 2.05 bits per heavy atom. The SMILES string of the molecule is CCCN(CCO)C(=O)c1ccc(C#CCCO)c(F)c1. The minimum atomic E-state index is -0.563. The summed E-state index contributed by atoms with van der Waals surface area (Å²) in [6.07, 6.45) is 1.04. The highest BCUT2D eigenvalue weighted by molar-refractivity contribution is 5.94. The number of rotatable bonds is 6. The van der Waals surface area contributed by atoms with E-state index in [0.717, 1.165) is 12.5 Å². The Bertz CT molecular complexity index is 528. The summed E-state index contributed by atoms with van der Waals surface area (Å²) in [7, 11) is 0. The number of aliphatic hydroxyl groups is 2. The van der Waals surface area contributed by atoms with E-state index in [1.807, 2.05) is 6.92 Å². The molecule has 21 heavy (non-hydrogen) atoms. The quantitative estimate of drug-likeness (QED) is 0.780. The predicted molar refractivity (Wildman–Crippen MR) is 78.3 cm³/mol. The molecule has 0 aromatic heterocycles. The maximum Gasteiger partial charge on any atom is 0.254 e. The molecule has 1 amide bonds. The molecule has 0 aliphatic rings. The van der Waals surface area contributed by atoms with Crippen molar-refractivity contribution in [3.05, 3.63) is 35.1 Å². The molecule has 0 atom stereocenters. The van der Waals surface area contributed by atoms with Crippen LogP contribution in [-0.4, -0.2) is 47.3 Å². The van der Waals surface area contributed by atoms with Crippen LogP contribution in [0.4, 0.5) is 4.39 Å². The molecule has 0 aliphatic heterocycles. The third-order valence-corrected chi connectivity index (χ3v) is 2.83. The maximum absolute atomic E-state index is 13.9. The third-order valence-electron chi connectivity index (χ3n) is 2.83. The lowest BCUT2D eigenvalue weighted by molar-refractivity contribution is 0.0721. The monoisotopic (exact) mass is 293 g/mol. The summed E-state index contributed by atoms with van der Waals surface area (Å²) in [4.78, 5) is 13.7. The molecule has 0 fully saturated rings. The molecule has 0 heterocycles. The first-order valence-electron chi connectivity index (χ1n) is 6.93. The van der Waals surface area contributed by atoms with Crippen molar-refractivity contribution in [1.29, 1.82) is 0 Å². The van der Waals surface area contributed by atoms with Crippen LogP contribution in [0.3, 0.4) is 0 Å². The zero-order chi connectivity index (χ0) is 15.7. The van der Waals surface area contributed by atoms with Gasteiger partial charge in [-0.1, -0.05) is 18.8 Å². The summed E-state index contributed by atoms with van der Waals surface area (Å²) < 4.78 is 13.9. The van der Waals surface area contributed by atoms with Crippen molar-refractivity contribution in [2.45, 2.75) is 19.8 Å². The second kappa shape index (κ2) is 9.11. The fourth-order valence-corrected chi connectivity index (χ4v) is 1.85. The van der Waals surface area contributed by atoms with Gasteiger partial charge in [0.25, 0.3) is 5.91 Å². The number of hydrogen-bond acceptors (Lipinski definition) is 3. The molecule has 4 nitrogen and oxygen atoms in total. The van der Waals surface area contributed by atoms with Crippen molar-refractivity contribution < 1.29 is 19.4 Å². The Labute approximate surface area is 124 Å². The minimum Gasteiger partial charge on any atom is -0.395 e. The standard InChI is InChI=1S/C16H20FNO3/c1-2-8-18(9-11-20)16(21)14-7-6-13(15(17)12-14)5-3-4-10-19/h6-7,12,19-20H,2,4,8-11H2,1H3. The van der Waals surface area contributed by atoms with Gasteiger partial charge in [0.15, 0.2) is 0 Å². The van der Waals surface area contributed by atoms with E-state index < -0.39 is 5.82 Å². The largest absolute Gasteiger partial charge is 0.395 e. The van der Waals surface area contributed by atoms with Gasteiger partial charge >= 0.3 is 0 Å². The molecule has 0 spiro atoms. The van der Waals surface area contributed by atoms with Gasteiger partial charge in [-0.15, -0.1) is 0 Å². The van der Waals surface area contributed by atoms with Crippen LogP contribution >= 0.6 is 0 Å². The maximum atomic E-state index is 13.9. The molecule has 0 bridgehead atoms. The van der Waals surface area contributed by atoms with E-state index in [1.54, 1.807) is 0 Å². The summed E-state index contributed by atoms with van der Waals surface area (Å²) in [6.45, 7) is 2.47. The van der Waals surface area contributed by atoms with Gasteiger partial charge in [-0.05, 0) is 24.6 Å². The normalized spacial score (nSPS) is 9.90. The number of carbonyl (C=O) groups is 1. The first-order valence-corrected chi connectivity index (χ1v) is 6.93. The summed E-state index contributed by atoms with van der Waals surface area (Å²) in [6, 6.07) is 4.13. The summed E-state index contributed by atoms with van der Waals surface area (Å²) in [5.74, 6) is 4.38. The Kier molecular flexibility index (Phi) is 7.44. The number of halogens is 1. The van der Waals surface area contributed by atoms with Gasteiger partial charge < -0.3 is 15.1 Å². The number of aliphatic hydroxyl groups excluding tert-OH is 2. The minimum absolute atomic E-state index is 0.0711. The van der Waals surface area contributed by atoms with Crippen LogP contribution in [-0.2, 0) is 0 Å². The average molecular weight is 293 g/mol. The molecule has 0 saturated heterocycles. The van der Waals surface area contributed by atoms with Crippen molar-refractivity contribution in [3.8, 4) is 11.8 Å². The van der Waals surface area contributed by atoms with Crippen molar-refractivity contribution in [2.24, 2.45) is 0 Å². The van der Waals surface area contributed by atoms with Gasteiger partial charge in [0.1, 0.15) is 5.82 Å². The fourth-order valence-electron chi connectivity index (χ4n) is 1.85. The van der Waals surface area contributed by atoms with Gasteiger partial charge in [0.05, 0.1) is 18.8 Å². The van der Waals surface area contributed by atoms with Crippen molar-refractivity contribution in [1.82, 2.24) is 4.90 Å². The lowest BCUT2D eigenvalue weighted by Crippen LogP contribution is -2.34. The first kappa shape index (κ1) is 17.2. The summed E-state index contributed by atoms with van der Waals surface area (Å²) >= 11 is 0. The van der Waals surface area contributed by atoms with Gasteiger partial charge in [-0.25, -0.2) is 4.39 Å². The smallest absolute Gasteiger partial charge is 0.254 e. The first-order chi connectivity index (χ1) is 10.1. The molecule has 0 aliphatic carbocycles. The van der Waals surface area contributed by atoms with E-state index in [2.05, 4.69) is 11.8 Å². The van der Waals surface area contributed by atoms with Gasteiger partial charge in [0, 0.05) is 25.1 Å². The highest BCUT2D eigenvalue weighted by Gasteiger charge is 2.15. The number of nitrogens with zero attached hydrogens (tertiary/aromatic N) is 1. The molecular weight excluding hydrogens is 273 g/mol. The molecule has 1 rings (SSSR count). The zero-order valence-corrected chi connectivity index (χ0v) is 12.1. The number of benzene rings is 1. The molecule has 0 saturated carbocycles. The van der Waals surface area contributed by atoms with Crippen molar-refractivity contribution in [3.63, 3.8) is 0 Å². The Balaban J connectivity index is 2.91. The second-order valence-electron chi connectivity index (χ2n) is 4.49. The van der Waals surface area contributed by atoms with Crippen LogP contribution in [0, 0.1) is 17.7 Å². The van der Waals surface area contributed by atoms with Crippen LogP contribution in [0.25, 0.3) is 0 Å². The highest BCUT2D eigenvalue weighted by Crippen LogP contribution is 2.12. The van der Waals surface area contributed by atoms with E-state index in [0.29, 0.717) is 6.54 Å². The lowest BCUT2D eigenvalue weighted by Gasteiger charge is -2.21. The highest BCUT2D eigenvalue weighted by atomic mass is 19.1. The molecule has 5 heteroatoms. The zero-order valence-electron chi connectivity index (χ0n) is 12.1. The van der Waals surface area contributed by atoms with Crippen LogP contribution in [0.5, 0.6) is 0 Å². The fraction of sp³-hybridized carbons (Fsp3) is 0.438. The van der Waals surface area contributed by atoms with Crippen LogP contribution < -0.4 is 0 Å². The number of amides is 1. The number of carbonyl (C=O) groups excluding carboxylic acids is 1. The van der Waals surface area contributed by atoms with Gasteiger partial charge in [-0.3, -0.25) is 4.79 Å². The topological polar surface area (TPSA) is 60.8 Å². The molecular formula is C16H20FNO3. The van der Waals surface area contributed by atoms with Crippen molar-refractivity contribution >= 4 is 5.91 Å². The van der Waals surface area contributed by atoms with E-state index in [4.69, 9.17) is 10.2 Å². The van der Waals surface area contributed by atoms with E-state index in [9.17, 15) is 9.18 Å². The van der Waals surface area contributed by atoms with E-state index in [1.165, 1.54) is 17.0 Å². The average Bonchev–Trinajstić information content (AvgIpc) is 2.48. The van der Waals surface area contributed by atoms with Gasteiger partial charge in [0.2, 0.25) is 0 Å². The number of hydrogen-bond donors (Lipinski definition) is 2. The summed E-state index contributed by atoms with van der Waals surface area (Å²) in [5.41, 5.74) is 0.436. The lowest BCUT2D eigenvalue weighted by atomic mass is 10.1. The van der Waals surface area contributed by atoms with Gasteiger partial charge in [-0.2, -0.15) is 0 Å². The predicted octanol–water partition coefficient (Wildman–Crippen LogP) is 1.40. The molecule has 0 unspecified atom stereocenters. The summed E-state index contributed by atoms with van der Waals surface area (Å²) in [5, 5.41) is 17.6. The Hall–Kier alpha value is -1.90. The Morgan fingerprint density at radius 1 is 1.29 bits per heavy atom. The van der Waals surface area contributed by atoms with E-state index in [-0.39, 0.29) is 43.2 Å². The Morgan fingerprint density at radius 3 is 2.62 bits per heavy atom.